The van der Waals surface area contributed by atoms with Crippen LogP contribution in [0.25, 0.3) is 0 Å². The van der Waals surface area contributed by atoms with Crippen molar-refractivity contribution in [1.82, 2.24) is 15.3 Å². The molecule has 6 heteroatoms. The second-order valence-corrected chi connectivity index (χ2v) is 3.89. The molecule has 6 nitrogen and oxygen atoms in total. The van der Waals surface area contributed by atoms with E-state index in [1.165, 1.54) is 0 Å². The van der Waals surface area contributed by atoms with E-state index in [2.05, 4.69) is 27.5 Å². The van der Waals surface area contributed by atoms with Crippen molar-refractivity contribution in [2.24, 2.45) is 0 Å². The molecule has 0 fully saturated rings. The van der Waals surface area contributed by atoms with Crippen LogP contribution in [0.1, 0.15) is 29.5 Å². The van der Waals surface area contributed by atoms with Crippen LogP contribution in [-0.4, -0.2) is 42.7 Å². The Balaban J connectivity index is 2.69. The van der Waals surface area contributed by atoms with Crippen molar-refractivity contribution in [3.05, 3.63) is 17.5 Å². The molecular weight excluding hydrogens is 232 g/mol. The SMILES string of the molecule is CCCNc1nc(C)cc(C(=O)NCCOC)n1. The summed E-state index contributed by atoms with van der Waals surface area (Å²) in [5, 5.41) is 5.80. The molecule has 2 N–H and O–H groups in total. The Morgan fingerprint density at radius 2 is 2.17 bits per heavy atom. The van der Waals surface area contributed by atoms with Gasteiger partial charge in [-0.3, -0.25) is 4.79 Å². The number of aromatic nitrogens is 2. The molecule has 0 saturated heterocycles. The minimum absolute atomic E-state index is 0.211. The number of carbonyl (C=O) groups excluding carboxylic acids is 1. The Labute approximate surface area is 107 Å². The lowest BCUT2D eigenvalue weighted by atomic mass is 10.3. The Morgan fingerprint density at radius 3 is 2.83 bits per heavy atom. The summed E-state index contributed by atoms with van der Waals surface area (Å²) in [6.07, 6.45) is 0.979. The summed E-state index contributed by atoms with van der Waals surface area (Å²) < 4.78 is 4.87. The minimum atomic E-state index is -0.211. The zero-order chi connectivity index (χ0) is 13.4. The molecule has 1 aromatic rings. The van der Waals surface area contributed by atoms with Gasteiger partial charge in [0.15, 0.2) is 0 Å². The van der Waals surface area contributed by atoms with Crippen molar-refractivity contribution in [2.45, 2.75) is 20.3 Å². The number of nitrogens with one attached hydrogen (secondary N) is 2. The van der Waals surface area contributed by atoms with Gasteiger partial charge in [-0.1, -0.05) is 6.92 Å². The molecule has 0 saturated carbocycles. The number of hydrogen-bond acceptors (Lipinski definition) is 5. The third kappa shape index (κ3) is 4.67. The van der Waals surface area contributed by atoms with Crippen LogP contribution in [0, 0.1) is 6.92 Å². The van der Waals surface area contributed by atoms with Gasteiger partial charge < -0.3 is 15.4 Å². The Kier molecular flexibility index (Phi) is 6.07. The van der Waals surface area contributed by atoms with Crippen LogP contribution in [0.2, 0.25) is 0 Å². The predicted molar refractivity (Wildman–Crippen MR) is 69.8 cm³/mol. The molecule has 0 unspecified atom stereocenters. The fourth-order valence-corrected chi connectivity index (χ4v) is 1.36. The fraction of sp³-hybridized carbons (Fsp3) is 0.583. The first-order chi connectivity index (χ1) is 8.67. The third-order valence-corrected chi connectivity index (χ3v) is 2.21. The average Bonchev–Trinajstić information content (AvgIpc) is 2.36. The van der Waals surface area contributed by atoms with Crippen molar-refractivity contribution >= 4 is 11.9 Å². The first kappa shape index (κ1) is 14.4. The highest BCUT2D eigenvalue weighted by Crippen LogP contribution is 2.05. The normalized spacial score (nSPS) is 10.2. The summed E-state index contributed by atoms with van der Waals surface area (Å²) in [5.41, 5.74) is 1.14. The molecule has 1 rings (SSSR count). The lowest BCUT2D eigenvalue weighted by Gasteiger charge is -2.07. The van der Waals surface area contributed by atoms with Crippen LogP contribution in [0.15, 0.2) is 6.07 Å². The average molecular weight is 252 g/mol. The monoisotopic (exact) mass is 252 g/mol. The van der Waals surface area contributed by atoms with Crippen molar-refractivity contribution < 1.29 is 9.53 Å². The van der Waals surface area contributed by atoms with Crippen LogP contribution in [0.5, 0.6) is 0 Å². The first-order valence-corrected chi connectivity index (χ1v) is 6.04. The van der Waals surface area contributed by atoms with Gasteiger partial charge in [0.05, 0.1) is 6.61 Å². The number of aryl methyl sites for hydroxylation is 1. The van der Waals surface area contributed by atoms with Gasteiger partial charge in [0, 0.05) is 25.9 Å². The van der Waals surface area contributed by atoms with Crippen molar-refractivity contribution in [1.29, 1.82) is 0 Å². The number of rotatable bonds is 7. The van der Waals surface area contributed by atoms with Crippen LogP contribution < -0.4 is 10.6 Å². The maximum Gasteiger partial charge on any atom is 0.270 e. The summed E-state index contributed by atoms with van der Waals surface area (Å²) in [7, 11) is 1.59. The van der Waals surface area contributed by atoms with Crippen molar-refractivity contribution in [3.8, 4) is 0 Å². The van der Waals surface area contributed by atoms with E-state index in [1.54, 1.807) is 13.2 Å². The maximum atomic E-state index is 11.8. The second-order valence-electron chi connectivity index (χ2n) is 3.89. The molecule has 0 spiro atoms. The van der Waals surface area contributed by atoms with Gasteiger partial charge >= 0.3 is 0 Å². The van der Waals surface area contributed by atoms with Gasteiger partial charge in [-0.25, -0.2) is 9.97 Å². The molecule has 1 amide bonds. The number of methoxy groups -OCH3 is 1. The van der Waals surface area contributed by atoms with E-state index in [1.807, 2.05) is 6.92 Å². The highest BCUT2D eigenvalue weighted by molar-refractivity contribution is 5.92. The van der Waals surface area contributed by atoms with E-state index in [0.717, 1.165) is 18.7 Å². The van der Waals surface area contributed by atoms with Crippen molar-refractivity contribution in [3.63, 3.8) is 0 Å². The largest absolute Gasteiger partial charge is 0.383 e. The number of anilines is 1. The lowest BCUT2D eigenvalue weighted by molar-refractivity contribution is 0.0932. The molecule has 0 radical (unpaired) electrons. The van der Waals surface area contributed by atoms with E-state index in [0.29, 0.717) is 24.8 Å². The molecule has 0 aliphatic rings. The maximum absolute atomic E-state index is 11.8. The predicted octanol–water partition coefficient (Wildman–Crippen LogP) is 0.983. The van der Waals surface area contributed by atoms with E-state index in [9.17, 15) is 4.79 Å². The molecule has 18 heavy (non-hydrogen) atoms. The molecule has 0 aliphatic heterocycles. The zero-order valence-electron chi connectivity index (χ0n) is 11.1. The fourth-order valence-electron chi connectivity index (χ4n) is 1.36. The number of carbonyl (C=O) groups is 1. The molecule has 0 aromatic carbocycles. The van der Waals surface area contributed by atoms with Gasteiger partial charge in [-0.05, 0) is 19.4 Å². The van der Waals surface area contributed by atoms with Crippen molar-refractivity contribution in [2.75, 3.05) is 32.1 Å². The van der Waals surface area contributed by atoms with Crippen LogP contribution in [0.4, 0.5) is 5.95 Å². The van der Waals surface area contributed by atoms with E-state index in [-0.39, 0.29) is 5.91 Å². The van der Waals surface area contributed by atoms with Gasteiger partial charge in [0.1, 0.15) is 5.69 Å². The van der Waals surface area contributed by atoms with Crippen LogP contribution in [0.3, 0.4) is 0 Å². The van der Waals surface area contributed by atoms with Crippen LogP contribution >= 0.6 is 0 Å². The number of hydrogen-bond donors (Lipinski definition) is 2. The van der Waals surface area contributed by atoms with Crippen LogP contribution in [-0.2, 0) is 4.74 Å². The van der Waals surface area contributed by atoms with Gasteiger partial charge in [0.2, 0.25) is 5.95 Å². The Morgan fingerprint density at radius 1 is 1.39 bits per heavy atom. The Bertz CT molecular complexity index is 396. The number of ether oxygens (including phenoxy) is 1. The molecule has 1 heterocycles. The second kappa shape index (κ2) is 7.60. The van der Waals surface area contributed by atoms with Gasteiger partial charge in [0.25, 0.3) is 5.91 Å². The first-order valence-electron chi connectivity index (χ1n) is 6.04. The zero-order valence-corrected chi connectivity index (χ0v) is 11.1. The van der Waals surface area contributed by atoms with E-state index >= 15 is 0 Å². The number of nitrogens with zero attached hydrogens (tertiary/aromatic N) is 2. The molecule has 0 bridgehead atoms. The standard InChI is InChI=1S/C12H20N4O2/c1-4-5-14-12-15-9(2)8-10(16-12)11(17)13-6-7-18-3/h8H,4-7H2,1-3H3,(H,13,17)(H,14,15,16). The summed E-state index contributed by atoms with van der Waals surface area (Å²) in [6.45, 7) is 5.63. The van der Waals surface area contributed by atoms with E-state index in [4.69, 9.17) is 4.74 Å². The smallest absolute Gasteiger partial charge is 0.270 e. The minimum Gasteiger partial charge on any atom is -0.383 e. The van der Waals surface area contributed by atoms with E-state index < -0.39 is 0 Å². The van der Waals surface area contributed by atoms with Gasteiger partial charge in [-0.2, -0.15) is 0 Å². The third-order valence-electron chi connectivity index (χ3n) is 2.21. The summed E-state index contributed by atoms with van der Waals surface area (Å²) in [5.74, 6) is 0.283. The molecule has 1 aromatic heterocycles. The summed E-state index contributed by atoms with van der Waals surface area (Å²) >= 11 is 0. The summed E-state index contributed by atoms with van der Waals surface area (Å²) in [4.78, 5) is 20.2. The lowest BCUT2D eigenvalue weighted by Crippen LogP contribution is -2.28. The Hall–Kier alpha value is -1.69. The summed E-state index contributed by atoms with van der Waals surface area (Å²) in [6, 6.07) is 1.67. The molecule has 100 valence electrons. The highest BCUT2D eigenvalue weighted by Gasteiger charge is 2.09. The molecule has 0 aliphatic carbocycles. The highest BCUT2D eigenvalue weighted by atomic mass is 16.5. The topological polar surface area (TPSA) is 76.1 Å². The molecular formula is C12H20N4O2. The quantitative estimate of drug-likeness (QED) is 0.708. The number of amides is 1. The molecule has 0 atom stereocenters. The van der Waals surface area contributed by atoms with Gasteiger partial charge in [-0.15, -0.1) is 0 Å².